The van der Waals surface area contributed by atoms with Crippen LogP contribution in [0.1, 0.15) is 84.8 Å². The summed E-state index contributed by atoms with van der Waals surface area (Å²) in [5.41, 5.74) is 50.1. The zero-order valence-corrected chi connectivity index (χ0v) is 43.7. The second-order valence-electron chi connectivity index (χ2n) is 18.8. The molecule has 1 amide bonds. The van der Waals surface area contributed by atoms with E-state index in [1.807, 2.05) is 67.6 Å². The third-order valence-corrected chi connectivity index (χ3v) is 13.7. The Morgan fingerprint density at radius 3 is 1.76 bits per heavy atom. The van der Waals surface area contributed by atoms with Crippen LogP contribution in [0.5, 0.6) is 0 Å². The fraction of sp³-hybridized carbons (Fsp3) is 0.667. The van der Waals surface area contributed by atoms with E-state index in [1.165, 1.54) is 6.92 Å². The Hall–Kier alpha value is -7.57. The number of nitrogens with zero attached hydrogens (tertiary/aromatic N) is 16. The number of hydrogen-bond acceptors (Lipinski definition) is 19. The SMILES string of the molecule is CC[C@H]1O[C@@H](O[C@@H]2[C@@H](OC(C)=O)[C@H](N=[N+]=[N-])C[C@H](N=[N+]=[N-])[C@H]2O[C@H]2O[C@H]([C@H](CC)N(Cc3ccccc3)C(=O)OCc3ccccc3)CC[C@H]2N=[N+]=[N-])[C@H](OC(C)=O)[C@@H]1O[C@H]1O[C@@H](CN=[N+]=[N-])[C@@H](OC(C)=O)[C@H](C)[C@H]1N=[N+]=[N-]. The number of carbonyl (C=O) groups excluding carboxylic acids is 4. The first-order chi connectivity index (χ1) is 37.7. The van der Waals surface area contributed by atoms with Crippen LogP contribution in [0.2, 0.25) is 0 Å². The van der Waals surface area contributed by atoms with Crippen LogP contribution in [0.15, 0.2) is 86.2 Å². The summed E-state index contributed by atoms with van der Waals surface area (Å²) >= 11 is 0. The van der Waals surface area contributed by atoms with Crippen LogP contribution < -0.4 is 0 Å². The zero-order valence-electron chi connectivity index (χ0n) is 43.7. The van der Waals surface area contributed by atoms with Crippen molar-refractivity contribution in [1.82, 2.24) is 4.90 Å². The minimum Gasteiger partial charge on any atom is -0.459 e. The van der Waals surface area contributed by atoms with E-state index < -0.39 is 134 Å². The summed E-state index contributed by atoms with van der Waals surface area (Å²) in [5.74, 6) is -3.19. The maximum Gasteiger partial charge on any atom is 0.410 e. The third-order valence-electron chi connectivity index (χ3n) is 13.7. The molecule has 2 aromatic carbocycles. The Labute approximate surface area is 447 Å². The molecular weight excluding hydrogens is 1020 g/mol. The fourth-order valence-electron chi connectivity index (χ4n) is 10.3. The van der Waals surface area contributed by atoms with Gasteiger partial charge in [-0.3, -0.25) is 19.3 Å². The van der Waals surface area contributed by atoms with Gasteiger partial charge in [-0.25, -0.2) is 4.79 Å². The number of esters is 3. The van der Waals surface area contributed by atoms with E-state index in [0.717, 1.165) is 25.0 Å². The summed E-state index contributed by atoms with van der Waals surface area (Å²) in [6.07, 6.45) is -16.1. The van der Waals surface area contributed by atoms with Gasteiger partial charge >= 0.3 is 24.0 Å². The number of azide groups is 5. The largest absolute Gasteiger partial charge is 0.459 e. The van der Waals surface area contributed by atoms with Gasteiger partial charge in [0.1, 0.15) is 37.1 Å². The van der Waals surface area contributed by atoms with Gasteiger partial charge < -0.3 is 47.4 Å². The zero-order chi connectivity index (χ0) is 56.3. The minimum absolute atomic E-state index is 0.0159. The van der Waals surface area contributed by atoms with Gasteiger partial charge in [-0.15, -0.1) is 0 Å². The normalized spacial score (nSPS) is 31.6. The summed E-state index contributed by atoms with van der Waals surface area (Å²) in [6.45, 7) is 8.34. The van der Waals surface area contributed by atoms with Crippen molar-refractivity contribution in [2.45, 2.75) is 191 Å². The van der Waals surface area contributed by atoms with Gasteiger partial charge in [0.15, 0.2) is 25.0 Å². The molecule has 1 saturated carbocycles. The Balaban J connectivity index is 1.38. The van der Waals surface area contributed by atoms with E-state index in [4.69, 9.17) is 47.4 Å². The summed E-state index contributed by atoms with van der Waals surface area (Å²) in [4.78, 5) is 68.9. The maximum absolute atomic E-state index is 14.2. The lowest BCUT2D eigenvalue weighted by Crippen LogP contribution is -2.62. The quantitative estimate of drug-likeness (QED) is 0.0329. The highest BCUT2D eigenvalue weighted by Crippen LogP contribution is 2.41. The number of ether oxygens (including phenoxy) is 10. The molecule has 0 bridgehead atoms. The Morgan fingerprint density at radius 2 is 1.17 bits per heavy atom. The van der Waals surface area contributed by atoms with Gasteiger partial charge in [-0.05, 0) is 70.9 Å². The number of hydrogen-bond donors (Lipinski definition) is 0. The molecule has 3 heterocycles. The molecule has 3 saturated heterocycles. The molecule has 30 nitrogen and oxygen atoms in total. The molecule has 418 valence electrons. The number of amides is 1. The van der Waals surface area contributed by atoms with E-state index in [9.17, 15) is 46.8 Å². The van der Waals surface area contributed by atoms with Crippen molar-refractivity contribution in [2.75, 3.05) is 6.54 Å². The van der Waals surface area contributed by atoms with Crippen molar-refractivity contribution in [1.29, 1.82) is 0 Å². The van der Waals surface area contributed by atoms with Gasteiger partial charge in [-0.2, -0.15) is 0 Å². The van der Waals surface area contributed by atoms with Crippen molar-refractivity contribution in [3.05, 3.63) is 124 Å². The predicted octanol–water partition coefficient (Wildman–Crippen LogP) is 8.99. The molecule has 4 fully saturated rings. The van der Waals surface area contributed by atoms with Gasteiger partial charge in [0.25, 0.3) is 0 Å². The lowest BCUT2D eigenvalue weighted by Gasteiger charge is -2.47. The van der Waals surface area contributed by atoms with Crippen molar-refractivity contribution < 1.29 is 66.5 Å². The highest BCUT2D eigenvalue weighted by molar-refractivity contribution is 5.68. The molecule has 18 atom stereocenters. The molecule has 0 spiro atoms. The summed E-state index contributed by atoms with van der Waals surface area (Å²) < 4.78 is 62.6. The van der Waals surface area contributed by atoms with E-state index in [1.54, 1.807) is 18.7 Å². The van der Waals surface area contributed by atoms with Crippen molar-refractivity contribution in [3.63, 3.8) is 0 Å². The number of carbonyl (C=O) groups is 4. The Morgan fingerprint density at radius 1 is 0.615 bits per heavy atom. The Bertz CT molecular complexity index is 2610. The molecule has 30 heteroatoms. The topological polar surface area (TPSA) is 408 Å². The molecule has 4 aliphatic rings. The van der Waals surface area contributed by atoms with Crippen molar-refractivity contribution in [2.24, 2.45) is 31.5 Å². The first kappa shape index (κ1) is 59.7. The highest BCUT2D eigenvalue weighted by atomic mass is 16.8. The van der Waals surface area contributed by atoms with E-state index >= 15 is 0 Å². The molecule has 0 aromatic heterocycles. The smallest absolute Gasteiger partial charge is 0.410 e. The van der Waals surface area contributed by atoms with E-state index in [-0.39, 0.29) is 45.4 Å². The van der Waals surface area contributed by atoms with Gasteiger partial charge in [0, 0.05) is 57.8 Å². The lowest BCUT2D eigenvalue weighted by atomic mass is 9.83. The summed E-state index contributed by atoms with van der Waals surface area (Å²) in [6, 6.07) is 12.9. The average Bonchev–Trinajstić information content (AvgIpc) is 3.87. The Kier molecular flexibility index (Phi) is 22.4. The third kappa shape index (κ3) is 15.3. The molecule has 0 unspecified atom stereocenters. The van der Waals surface area contributed by atoms with Crippen LogP contribution in [-0.4, -0.2) is 139 Å². The maximum atomic E-state index is 14.2. The van der Waals surface area contributed by atoms with Crippen LogP contribution in [-0.2, 0) is 74.9 Å². The first-order valence-corrected chi connectivity index (χ1v) is 25.3. The van der Waals surface area contributed by atoms with E-state index in [2.05, 4.69) is 50.1 Å². The summed E-state index contributed by atoms with van der Waals surface area (Å²) in [5, 5.41) is 19.4. The summed E-state index contributed by atoms with van der Waals surface area (Å²) in [7, 11) is 0. The molecule has 1 aliphatic carbocycles. The second-order valence-corrected chi connectivity index (χ2v) is 18.8. The van der Waals surface area contributed by atoms with Crippen LogP contribution in [0.4, 0.5) is 4.79 Å². The van der Waals surface area contributed by atoms with Crippen LogP contribution in [0, 0.1) is 5.92 Å². The molecule has 0 N–H and O–H groups in total. The van der Waals surface area contributed by atoms with Crippen LogP contribution in [0.25, 0.3) is 52.2 Å². The second kappa shape index (κ2) is 29.2. The molecule has 6 rings (SSSR count). The van der Waals surface area contributed by atoms with Gasteiger partial charge in [-0.1, -0.05) is 107 Å². The van der Waals surface area contributed by atoms with Crippen molar-refractivity contribution >= 4 is 24.0 Å². The highest BCUT2D eigenvalue weighted by Gasteiger charge is 2.57. The minimum atomic E-state index is -1.66. The molecule has 3 aliphatic heterocycles. The monoisotopic (exact) mass is 1090 g/mol. The molecule has 78 heavy (non-hydrogen) atoms. The number of benzene rings is 2. The van der Waals surface area contributed by atoms with E-state index in [0.29, 0.717) is 6.42 Å². The molecule has 2 aromatic rings. The molecule has 0 radical (unpaired) electrons. The van der Waals surface area contributed by atoms with Gasteiger partial charge in [0.2, 0.25) is 0 Å². The predicted molar refractivity (Wildman–Crippen MR) is 269 cm³/mol. The molecular formula is C48H62N16O14. The standard InChI is InChI=1S/C48H62N16O14/c1-7-34(64(23-29-15-11-9-12-16-29)48(68)69-24-30-17-13-10-14-18-30)36-20-19-31(55-60-50)45(74-36)76-41-33(57-62-52)21-32(56-61-51)40(71-27(5)66)43(41)78-47-44(72-28(6)67)42(35(8-2)73-47)77-46-38(58-63-53)25(3)39(70-26(4)65)37(75-46)22-54-59-49/h9-18,25,31-47H,7-8,19-24H2,1-6H3/t25-,31-,32-,33+,34+,35-,36+,37+,38-,39+,40+,41-,42-,43-,44-,45-,46-,47+/m1/s1. The van der Waals surface area contributed by atoms with Crippen molar-refractivity contribution in [3.8, 4) is 0 Å². The van der Waals surface area contributed by atoms with Gasteiger partial charge in [0.05, 0.1) is 55.1 Å². The first-order valence-electron chi connectivity index (χ1n) is 25.3. The average molecular weight is 1090 g/mol. The lowest BCUT2D eigenvalue weighted by molar-refractivity contribution is -0.293. The van der Waals surface area contributed by atoms with Crippen LogP contribution >= 0.6 is 0 Å². The number of rotatable bonds is 23. The van der Waals surface area contributed by atoms with Crippen LogP contribution in [0.3, 0.4) is 0 Å². The fourth-order valence-corrected chi connectivity index (χ4v) is 10.3.